The number of nitrogens with zero attached hydrogens (tertiary/aromatic N) is 5. The standard InChI is InChI=1S/C35H46N7O10P/c1-5-28(43)49-31-30(26-13-14-27-33(37)38-22-39-42(26)27)51-35(20-36,32(31)50-29(44)6-2)21-48-53(46,52-25-11-9-8-10-12-25)40-23(4)34(45)47-19-24-15-17-41(7-3)18-16-24/h8-14,22-24,30-32H,5-7,15-19,21H2,1-4H3,(H,40,46)(H2,37,38,39)/t23-,30-,31-,32-,35+,53?/m0/s1. The molecule has 0 bridgehead atoms. The molecule has 2 aromatic heterocycles. The summed E-state index contributed by atoms with van der Waals surface area (Å²) >= 11 is 0. The highest BCUT2D eigenvalue weighted by molar-refractivity contribution is 7.52. The lowest BCUT2D eigenvalue weighted by Crippen LogP contribution is -2.49. The van der Waals surface area contributed by atoms with Gasteiger partial charge < -0.3 is 34.1 Å². The molecule has 2 aliphatic heterocycles. The summed E-state index contributed by atoms with van der Waals surface area (Å²) in [5, 5.41) is 17.7. The van der Waals surface area contributed by atoms with E-state index in [2.05, 4.69) is 27.0 Å². The van der Waals surface area contributed by atoms with Gasteiger partial charge in [-0.25, -0.2) is 14.1 Å². The lowest BCUT2D eigenvalue weighted by molar-refractivity contribution is -0.169. The summed E-state index contributed by atoms with van der Waals surface area (Å²) in [5.41, 5.74) is 4.51. The van der Waals surface area contributed by atoms with Gasteiger partial charge in [0.1, 0.15) is 42.4 Å². The van der Waals surface area contributed by atoms with E-state index >= 15 is 0 Å². The molecule has 0 amide bonds. The van der Waals surface area contributed by atoms with Gasteiger partial charge in [-0.1, -0.05) is 39.0 Å². The van der Waals surface area contributed by atoms with Crippen molar-refractivity contribution in [1.29, 1.82) is 5.26 Å². The first-order chi connectivity index (χ1) is 25.4. The highest BCUT2D eigenvalue weighted by Gasteiger charge is 2.62. The number of likely N-dealkylation sites (tertiary alicyclic amines) is 1. The number of anilines is 1. The third-order valence-electron chi connectivity index (χ3n) is 9.23. The van der Waals surface area contributed by atoms with Crippen molar-refractivity contribution in [3.63, 3.8) is 0 Å². The number of nitriles is 1. The molecule has 18 heteroatoms. The number of aromatic nitrogens is 3. The summed E-state index contributed by atoms with van der Waals surface area (Å²) in [4.78, 5) is 45.1. The Bertz CT molecular complexity index is 1830. The minimum absolute atomic E-state index is 0.0479. The molecule has 3 N–H and O–H groups in total. The average Bonchev–Trinajstić information content (AvgIpc) is 3.73. The molecule has 6 atom stereocenters. The predicted molar refractivity (Wildman–Crippen MR) is 189 cm³/mol. The number of para-hydroxylation sites is 1. The van der Waals surface area contributed by atoms with E-state index in [1.165, 1.54) is 29.9 Å². The van der Waals surface area contributed by atoms with Gasteiger partial charge in [-0.05, 0) is 69.6 Å². The second-order valence-corrected chi connectivity index (χ2v) is 14.5. The molecule has 0 radical (unpaired) electrons. The Morgan fingerprint density at radius 1 is 1.09 bits per heavy atom. The van der Waals surface area contributed by atoms with Crippen LogP contribution in [-0.2, 0) is 42.4 Å². The normalized spacial score (nSPS) is 23.8. The number of ether oxygens (including phenoxy) is 4. The molecule has 17 nitrogen and oxygen atoms in total. The molecule has 286 valence electrons. The van der Waals surface area contributed by atoms with Gasteiger partial charge in [-0.2, -0.15) is 15.4 Å². The fourth-order valence-electron chi connectivity index (χ4n) is 6.16. The van der Waals surface area contributed by atoms with Crippen LogP contribution in [0.25, 0.3) is 5.52 Å². The van der Waals surface area contributed by atoms with Gasteiger partial charge in [0.05, 0.1) is 12.3 Å². The van der Waals surface area contributed by atoms with Crippen LogP contribution in [0.15, 0.2) is 48.8 Å². The molecule has 53 heavy (non-hydrogen) atoms. The number of carbonyl (C=O) groups excluding carboxylic acids is 3. The van der Waals surface area contributed by atoms with Crippen LogP contribution in [0.4, 0.5) is 5.82 Å². The van der Waals surface area contributed by atoms with Gasteiger partial charge in [0.15, 0.2) is 18.0 Å². The van der Waals surface area contributed by atoms with Crippen LogP contribution in [0.1, 0.15) is 65.2 Å². The number of nitrogens with two attached hydrogens (primary N) is 1. The molecule has 5 rings (SSSR count). The third-order valence-corrected chi connectivity index (χ3v) is 10.9. The Kier molecular flexibility index (Phi) is 13.1. The van der Waals surface area contributed by atoms with E-state index in [1.54, 1.807) is 44.2 Å². The zero-order chi connectivity index (χ0) is 38.2. The van der Waals surface area contributed by atoms with Crippen LogP contribution < -0.4 is 15.3 Å². The molecular formula is C35H46N7O10P. The Balaban J connectivity index is 1.44. The van der Waals surface area contributed by atoms with Crippen LogP contribution in [0.5, 0.6) is 5.75 Å². The molecule has 3 aromatic rings. The molecular weight excluding hydrogens is 709 g/mol. The fraction of sp³-hybridized carbons (Fsp3) is 0.543. The van der Waals surface area contributed by atoms with Gasteiger partial charge in [0.25, 0.3) is 0 Å². The maximum Gasteiger partial charge on any atom is 0.459 e. The van der Waals surface area contributed by atoms with E-state index in [0.717, 1.165) is 32.5 Å². The van der Waals surface area contributed by atoms with E-state index in [1.807, 2.05) is 6.07 Å². The van der Waals surface area contributed by atoms with E-state index in [9.17, 15) is 24.2 Å². The highest BCUT2D eigenvalue weighted by Crippen LogP contribution is 2.50. The topological polar surface area (TPSA) is 219 Å². The summed E-state index contributed by atoms with van der Waals surface area (Å²) in [6.45, 7) is 8.84. The molecule has 2 aliphatic rings. The summed E-state index contributed by atoms with van der Waals surface area (Å²) in [6, 6.07) is 12.1. The number of piperidine rings is 1. The molecule has 0 saturated carbocycles. The maximum atomic E-state index is 14.5. The Morgan fingerprint density at radius 2 is 1.79 bits per heavy atom. The van der Waals surface area contributed by atoms with Crippen LogP contribution in [0, 0.1) is 17.2 Å². The number of nitrogens with one attached hydrogen (secondary N) is 1. The van der Waals surface area contributed by atoms with Crippen molar-refractivity contribution >= 4 is 37.0 Å². The van der Waals surface area contributed by atoms with E-state index in [0.29, 0.717) is 5.52 Å². The van der Waals surface area contributed by atoms with E-state index in [4.69, 9.17) is 33.7 Å². The van der Waals surface area contributed by atoms with Crippen molar-refractivity contribution < 1.29 is 46.9 Å². The molecule has 0 aliphatic carbocycles. The smallest absolute Gasteiger partial charge is 0.459 e. The van der Waals surface area contributed by atoms with Gasteiger partial charge in [0, 0.05) is 12.8 Å². The van der Waals surface area contributed by atoms with Crippen LogP contribution in [0.3, 0.4) is 0 Å². The molecule has 4 heterocycles. The number of rotatable bonds is 16. The monoisotopic (exact) mass is 755 g/mol. The Labute approximate surface area is 307 Å². The van der Waals surface area contributed by atoms with E-state index < -0.39 is 62.2 Å². The van der Waals surface area contributed by atoms with Crippen molar-refractivity contribution in [3.8, 4) is 11.8 Å². The number of nitrogen functional groups attached to an aromatic ring is 1. The van der Waals surface area contributed by atoms with Crippen molar-refractivity contribution in [2.24, 2.45) is 5.92 Å². The summed E-state index contributed by atoms with van der Waals surface area (Å²) < 4.78 is 51.2. The number of benzene rings is 1. The summed E-state index contributed by atoms with van der Waals surface area (Å²) in [6.07, 6.45) is -1.40. The minimum atomic E-state index is -4.55. The first-order valence-corrected chi connectivity index (χ1v) is 19.2. The summed E-state index contributed by atoms with van der Waals surface area (Å²) in [5.74, 6) is -1.62. The quantitative estimate of drug-likeness (QED) is 0.121. The van der Waals surface area contributed by atoms with Gasteiger partial charge in [0.2, 0.25) is 5.60 Å². The van der Waals surface area contributed by atoms with Crippen molar-refractivity contribution in [1.82, 2.24) is 24.6 Å². The zero-order valence-corrected chi connectivity index (χ0v) is 31.1. The first kappa shape index (κ1) is 39.6. The first-order valence-electron chi connectivity index (χ1n) is 17.7. The number of esters is 3. The molecule has 0 spiro atoms. The second-order valence-electron chi connectivity index (χ2n) is 12.8. The summed E-state index contributed by atoms with van der Waals surface area (Å²) in [7, 11) is -4.55. The van der Waals surface area contributed by atoms with Crippen LogP contribution in [-0.4, -0.2) is 94.1 Å². The number of fused-ring (bicyclic) bond motifs is 1. The van der Waals surface area contributed by atoms with Gasteiger partial charge in [-0.15, -0.1) is 0 Å². The third kappa shape index (κ3) is 9.32. The lowest BCUT2D eigenvalue weighted by atomic mass is 9.95. The zero-order valence-electron chi connectivity index (χ0n) is 30.2. The lowest BCUT2D eigenvalue weighted by Gasteiger charge is -2.31. The molecule has 2 saturated heterocycles. The number of hydrogen-bond acceptors (Lipinski definition) is 15. The van der Waals surface area contributed by atoms with E-state index in [-0.39, 0.29) is 42.6 Å². The minimum Gasteiger partial charge on any atom is -0.464 e. The average molecular weight is 756 g/mol. The molecule has 1 unspecified atom stereocenters. The van der Waals surface area contributed by atoms with Crippen LogP contribution in [0.2, 0.25) is 0 Å². The number of carbonyl (C=O) groups is 3. The van der Waals surface area contributed by atoms with Gasteiger partial charge >= 0.3 is 25.7 Å². The molecule has 2 fully saturated rings. The van der Waals surface area contributed by atoms with Crippen molar-refractivity contribution in [2.45, 2.75) is 83.3 Å². The highest BCUT2D eigenvalue weighted by atomic mass is 31.2. The van der Waals surface area contributed by atoms with Gasteiger partial charge in [-0.3, -0.25) is 18.9 Å². The van der Waals surface area contributed by atoms with Crippen molar-refractivity contribution in [3.05, 3.63) is 54.5 Å². The maximum absolute atomic E-state index is 14.5. The largest absolute Gasteiger partial charge is 0.464 e. The SMILES string of the molecule is CCC(=O)O[C@H]1[C@H](c2ccc3c(N)ncnn23)O[C@](C#N)(COP(=O)(N[C@@H](C)C(=O)OCC2CCN(CC)CC2)Oc2ccccc2)[C@H]1OC(=O)CC. The Morgan fingerprint density at radius 3 is 2.45 bits per heavy atom. The van der Waals surface area contributed by atoms with Crippen LogP contribution >= 0.6 is 7.75 Å². The Hall–Kier alpha value is -4.59. The number of hydrogen-bond donors (Lipinski definition) is 2. The molecule has 1 aromatic carbocycles. The predicted octanol–water partition coefficient (Wildman–Crippen LogP) is 3.75. The van der Waals surface area contributed by atoms with Crippen molar-refractivity contribution in [2.75, 3.05) is 38.6 Å². The fourth-order valence-corrected chi connectivity index (χ4v) is 7.68. The second kappa shape index (κ2) is 17.5.